The van der Waals surface area contributed by atoms with Crippen LogP contribution in [-0.4, -0.2) is 15.2 Å². The number of oxazole rings is 1. The van der Waals surface area contributed by atoms with Gasteiger partial charge in [0.05, 0.1) is 18.4 Å². The van der Waals surface area contributed by atoms with Gasteiger partial charge in [-0.15, -0.1) is 5.10 Å². The van der Waals surface area contributed by atoms with Gasteiger partial charge in [-0.05, 0) is 6.92 Å². The summed E-state index contributed by atoms with van der Waals surface area (Å²) in [5, 5.41) is 13.8. The summed E-state index contributed by atoms with van der Waals surface area (Å²) in [6.45, 7) is 4.50. The molecule has 0 amide bonds. The lowest BCUT2D eigenvalue weighted by Gasteiger charge is -2.07. The van der Waals surface area contributed by atoms with Crippen molar-refractivity contribution in [3.05, 3.63) is 47.8 Å². The third kappa shape index (κ3) is 2.34. The third-order valence-electron chi connectivity index (χ3n) is 3.23. The molecule has 3 aromatic rings. The van der Waals surface area contributed by atoms with Gasteiger partial charge in [-0.25, -0.2) is 4.98 Å². The molecule has 0 unspecified atom stereocenters. The minimum atomic E-state index is 0.502. The minimum absolute atomic E-state index is 0.502. The van der Waals surface area contributed by atoms with E-state index in [1.807, 2.05) is 38.1 Å². The Hall–Kier alpha value is -2.43. The monoisotopic (exact) mass is 268 g/mol. The Morgan fingerprint density at radius 2 is 1.95 bits per heavy atom. The van der Waals surface area contributed by atoms with Crippen LogP contribution in [0.2, 0.25) is 0 Å². The maximum Gasteiger partial charge on any atom is 0.213 e. The Labute approximate surface area is 117 Å². The van der Waals surface area contributed by atoms with Crippen molar-refractivity contribution in [1.29, 1.82) is 0 Å². The number of benzene rings is 1. The molecule has 0 fully saturated rings. The van der Waals surface area contributed by atoms with Crippen LogP contribution in [-0.2, 0) is 13.0 Å². The quantitative estimate of drug-likeness (QED) is 0.787. The maximum absolute atomic E-state index is 5.57. The molecule has 1 N–H and O–H groups in total. The molecule has 0 bridgehead atoms. The van der Waals surface area contributed by atoms with Gasteiger partial charge in [0.15, 0.2) is 5.82 Å². The Balaban J connectivity index is 1.86. The Morgan fingerprint density at radius 3 is 2.70 bits per heavy atom. The van der Waals surface area contributed by atoms with E-state index < -0.39 is 0 Å². The molecule has 2 aromatic heterocycles. The topological polar surface area (TPSA) is 63.8 Å². The molecular weight excluding hydrogens is 252 g/mol. The number of aromatic nitrogens is 3. The van der Waals surface area contributed by atoms with E-state index in [1.165, 1.54) is 0 Å². The van der Waals surface area contributed by atoms with Gasteiger partial charge in [-0.1, -0.05) is 31.2 Å². The largest absolute Gasteiger partial charge is 0.444 e. The summed E-state index contributed by atoms with van der Waals surface area (Å²) in [4.78, 5) is 4.22. The molecule has 1 aromatic carbocycles. The lowest BCUT2D eigenvalue weighted by atomic mass is 10.1. The molecule has 0 aliphatic carbocycles. The second-order valence-electron chi connectivity index (χ2n) is 4.61. The smallest absolute Gasteiger partial charge is 0.213 e. The molecule has 0 saturated carbocycles. The van der Waals surface area contributed by atoms with E-state index in [0.717, 1.165) is 34.5 Å². The lowest BCUT2D eigenvalue weighted by molar-refractivity contribution is 0.465. The van der Waals surface area contributed by atoms with Crippen molar-refractivity contribution >= 4 is 16.6 Å². The zero-order valence-corrected chi connectivity index (χ0v) is 11.6. The third-order valence-corrected chi connectivity index (χ3v) is 3.23. The fourth-order valence-electron chi connectivity index (χ4n) is 2.12. The van der Waals surface area contributed by atoms with Crippen LogP contribution in [0.5, 0.6) is 0 Å². The van der Waals surface area contributed by atoms with Crippen LogP contribution in [0.25, 0.3) is 10.8 Å². The fourth-order valence-corrected chi connectivity index (χ4v) is 2.12. The van der Waals surface area contributed by atoms with Crippen molar-refractivity contribution in [2.45, 2.75) is 26.8 Å². The van der Waals surface area contributed by atoms with Gasteiger partial charge in [-0.3, -0.25) is 0 Å². The van der Waals surface area contributed by atoms with Gasteiger partial charge >= 0.3 is 0 Å². The standard InChI is InChI=1S/C15H16N4O/c1-3-11-8-16-14(20-11)9-17-15-13-7-5-4-6-12(13)10(2)18-19-15/h4-8H,3,9H2,1-2H3,(H,17,19). The normalized spacial score (nSPS) is 10.9. The van der Waals surface area contributed by atoms with Crippen molar-refractivity contribution in [3.8, 4) is 0 Å². The summed E-state index contributed by atoms with van der Waals surface area (Å²) < 4.78 is 5.57. The summed E-state index contributed by atoms with van der Waals surface area (Å²) in [6, 6.07) is 8.08. The van der Waals surface area contributed by atoms with Gasteiger partial charge in [-0.2, -0.15) is 5.10 Å². The lowest BCUT2D eigenvalue weighted by Crippen LogP contribution is -2.04. The highest BCUT2D eigenvalue weighted by Crippen LogP contribution is 2.22. The first-order valence-corrected chi connectivity index (χ1v) is 6.67. The zero-order chi connectivity index (χ0) is 13.9. The van der Waals surface area contributed by atoms with E-state index in [1.54, 1.807) is 6.20 Å². The summed E-state index contributed by atoms with van der Waals surface area (Å²) in [7, 11) is 0. The van der Waals surface area contributed by atoms with Crippen LogP contribution >= 0.6 is 0 Å². The SMILES string of the molecule is CCc1cnc(CNc2nnc(C)c3ccccc23)o1. The molecule has 2 heterocycles. The number of rotatable bonds is 4. The highest BCUT2D eigenvalue weighted by molar-refractivity contribution is 5.92. The van der Waals surface area contributed by atoms with E-state index in [9.17, 15) is 0 Å². The van der Waals surface area contributed by atoms with Crippen molar-refractivity contribution in [1.82, 2.24) is 15.2 Å². The maximum atomic E-state index is 5.57. The number of hydrogen-bond acceptors (Lipinski definition) is 5. The van der Waals surface area contributed by atoms with Crippen LogP contribution in [0.4, 0.5) is 5.82 Å². The summed E-state index contributed by atoms with van der Waals surface area (Å²) in [5.41, 5.74) is 0.926. The summed E-state index contributed by atoms with van der Waals surface area (Å²) in [6.07, 6.45) is 2.61. The molecule has 5 nitrogen and oxygen atoms in total. The van der Waals surface area contributed by atoms with Crippen LogP contribution in [0.15, 0.2) is 34.9 Å². The summed E-state index contributed by atoms with van der Waals surface area (Å²) in [5.74, 6) is 2.30. The van der Waals surface area contributed by atoms with Crippen LogP contribution < -0.4 is 5.32 Å². The Bertz CT molecular complexity index is 736. The van der Waals surface area contributed by atoms with Crippen molar-refractivity contribution < 1.29 is 4.42 Å². The van der Waals surface area contributed by atoms with Crippen molar-refractivity contribution in [2.75, 3.05) is 5.32 Å². The van der Waals surface area contributed by atoms with Gasteiger partial charge in [0.25, 0.3) is 0 Å². The van der Waals surface area contributed by atoms with Crippen LogP contribution in [0, 0.1) is 6.92 Å². The minimum Gasteiger partial charge on any atom is -0.444 e. The Kier molecular flexibility index (Phi) is 3.33. The number of aryl methyl sites for hydroxylation is 2. The molecule has 0 aliphatic heterocycles. The van der Waals surface area contributed by atoms with Gasteiger partial charge in [0.2, 0.25) is 5.89 Å². The van der Waals surface area contributed by atoms with Crippen molar-refractivity contribution in [3.63, 3.8) is 0 Å². The molecule has 0 radical (unpaired) electrons. The molecule has 0 saturated heterocycles. The first-order valence-electron chi connectivity index (χ1n) is 6.67. The first-order chi connectivity index (χ1) is 9.78. The van der Waals surface area contributed by atoms with E-state index >= 15 is 0 Å². The molecule has 102 valence electrons. The molecule has 3 rings (SSSR count). The first kappa shape index (κ1) is 12.6. The van der Waals surface area contributed by atoms with Gasteiger partial charge in [0, 0.05) is 17.2 Å². The Morgan fingerprint density at radius 1 is 1.15 bits per heavy atom. The molecule has 5 heteroatoms. The predicted octanol–water partition coefficient (Wildman–Crippen LogP) is 3.10. The van der Waals surface area contributed by atoms with E-state index in [4.69, 9.17) is 4.42 Å². The second-order valence-corrected chi connectivity index (χ2v) is 4.61. The highest BCUT2D eigenvalue weighted by atomic mass is 16.4. The van der Waals surface area contributed by atoms with E-state index in [2.05, 4.69) is 20.5 Å². The second kappa shape index (κ2) is 5.28. The molecule has 0 spiro atoms. The molecular formula is C15H16N4O. The average molecular weight is 268 g/mol. The van der Waals surface area contributed by atoms with Crippen LogP contribution in [0.3, 0.4) is 0 Å². The predicted molar refractivity (Wildman–Crippen MR) is 77.5 cm³/mol. The number of nitrogens with zero attached hydrogens (tertiary/aromatic N) is 3. The summed E-state index contributed by atoms with van der Waals surface area (Å²) >= 11 is 0. The van der Waals surface area contributed by atoms with Crippen molar-refractivity contribution in [2.24, 2.45) is 0 Å². The fraction of sp³-hybridized carbons (Fsp3) is 0.267. The number of nitrogens with one attached hydrogen (secondary N) is 1. The number of anilines is 1. The number of fused-ring (bicyclic) bond motifs is 1. The highest BCUT2D eigenvalue weighted by Gasteiger charge is 2.07. The molecule has 0 aliphatic rings. The number of hydrogen-bond donors (Lipinski definition) is 1. The van der Waals surface area contributed by atoms with Gasteiger partial charge < -0.3 is 9.73 Å². The zero-order valence-electron chi connectivity index (χ0n) is 11.6. The van der Waals surface area contributed by atoms with E-state index in [-0.39, 0.29) is 0 Å². The van der Waals surface area contributed by atoms with E-state index in [0.29, 0.717) is 12.4 Å². The van der Waals surface area contributed by atoms with Gasteiger partial charge in [0.1, 0.15) is 5.76 Å². The van der Waals surface area contributed by atoms with Crippen LogP contribution in [0.1, 0.15) is 24.3 Å². The molecule has 20 heavy (non-hydrogen) atoms. The average Bonchev–Trinajstić information content (AvgIpc) is 2.95. The molecule has 0 atom stereocenters.